The summed E-state index contributed by atoms with van der Waals surface area (Å²) in [6.45, 7) is 4.08. The summed E-state index contributed by atoms with van der Waals surface area (Å²) in [5.41, 5.74) is 2.25. The summed E-state index contributed by atoms with van der Waals surface area (Å²) in [6.07, 6.45) is 8.37. The van der Waals surface area contributed by atoms with Crippen molar-refractivity contribution >= 4 is 17.7 Å². The molecule has 0 spiro atoms. The van der Waals surface area contributed by atoms with E-state index in [9.17, 15) is 4.79 Å². The monoisotopic (exact) mass is 415 g/mol. The Hall–Kier alpha value is -2.28. The maximum absolute atomic E-state index is 12.3. The summed E-state index contributed by atoms with van der Waals surface area (Å²) in [6, 6.07) is 7.98. The van der Waals surface area contributed by atoms with Crippen molar-refractivity contribution in [2.24, 2.45) is 10.4 Å². The molecule has 2 aliphatic rings. The van der Waals surface area contributed by atoms with Crippen LogP contribution in [0.25, 0.3) is 0 Å². The molecule has 7 nitrogen and oxygen atoms in total. The summed E-state index contributed by atoms with van der Waals surface area (Å²) < 4.78 is 5.33. The zero-order valence-electron chi connectivity index (χ0n) is 18.5. The number of likely N-dealkylation sites (tertiary alicyclic amines) is 1. The van der Waals surface area contributed by atoms with E-state index in [4.69, 9.17) is 4.74 Å². The molecule has 0 aromatic heterocycles. The van der Waals surface area contributed by atoms with Gasteiger partial charge in [-0.2, -0.15) is 0 Å². The number of methoxy groups -OCH3 is 1. The minimum absolute atomic E-state index is 0.00648. The van der Waals surface area contributed by atoms with Gasteiger partial charge >= 0.3 is 6.03 Å². The third-order valence-corrected chi connectivity index (χ3v) is 6.39. The van der Waals surface area contributed by atoms with Gasteiger partial charge in [0, 0.05) is 52.6 Å². The van der Waals surface area contributed by atoms with Gasteiger partial charge in [-0.25, -0.2) is 4.79 Å². The van der Waals surface area contributed by atoms with Crippen molar-refractivity contribution in [3.63, 3.8) is 0 Å². The number of ether oxygens (including phenoxy) is 1. The highest BCUT2D eigenvalue weighted by Gasteiger charge is 2.33. The van der Waals surface area contributed by atoms with Gasteiger partial charge in [0.25, 0.3) is 0 Å². The predicted molar refractivity (Wildman–Crippen MR) is 122 cm³/mol. The lowest BCUT2D eigenvalue weighted by Gasteiger charge is -2.30. The Bertz CT molecular complexity index is 709. The fraction of sp³-hybridized carbons (Fsp3) is 0.652. The van der Waals surface area contributed by atoms with Crippen LogP contribution < -0.4 is 16.0 Å². The number of rotatable bonds is 8. The first-order valence-corrected chi connectivity index (χ1v) is 11.2. The highest BCUT2D eigenvalue weighted by molar-refractivity contribution is 5.89. The van der Waals surface area contributed by atoms with Crippen LogP contribution in [0.5, 0.6) is 0 Å². The average Bonchev–Trinajstić information content (AvgIpc) is 3.46. The van der Waals surface area contributed by atoms with Gasteiger partial charge in [-0.1, -0.05) is 25.0 Å². The molecule has 1 aromatic rings. The fourth-order valence-corrected chi connectivity index (χ4v) is 4.52. The van der Waals surface area contributed by atoms with Crippen LogP contribution in [0.3, 0.4) is 0 Å². The fourth-order valence-electron chi connectivity index (χ4n) is 4.52. The maximum atomic E-state index is 12.3. The molecular formula is C23H37N5O2. The van der Waals surface area contributed by atoms with E-state index < -0.39 is 0 Å². The second kappa shape index (κ2) is 11.2. The first-order valence-electron chi connectivity index (χ1n) is 11.2. The number of carbonyl (C=O) groups excluding carboxylic acids is 1. The minimum Gasteiger partial charge on any atom is -0.385 e. The number of aliphatic imine (C=N–C) groups is 1. The molecule has 7 heteroatoms. The molecule has 0 atom stereocenters. The van der Waals surface area contributed by atoms with Crippen molar-refractivity contribution in [1.29, 1.82) is 0 Å². The lowest BCUT2D eigenvalue weighted by molar-refractivity contribution is 0.138. The highest BCUT2D eigenvalue weighted by Crippen LogP contribution is 2.40. The number of nitrogens with zero attached hydrogens (tertiary/aromatic N) is 2. The van der Waals surface area contributed by atoms with Crippen LogP contribution in [-0.2, 0) is 11.3 Å². The molecule has 166 valence electrons. The molecule has 0 bridgehead atoms. The zero-order chi connectivity index (χ0) is 21.2. The van der Waals surface area contributed by atoms with E-state index in [0.717, 1.165) is 62.7 Å². The molecule has 1 saturated carbocycles. The van der Waals surface area contributed by atoms with Gasteiger partial charge in [-0.15, -0.1) is 0 Å². The van der Waals surface area contributed by atoms with Gasteiger partial charge in [0.15, 0.2) is 5.96 Å². The quantitative estimate of drug-likeness (QED) is 0.448. The van der Waals surface area contributed by atoms with Crippen molar-refractivity contribution < 1.29 is 9.53 Å². The first-order chi connectivity index (χ1) is 14.6. The van der Waals surface area contributed by atoms with Gasteiger partial charge in [-0.05, 0) is 55.2 Å². The predicted octanol–water partition coefficient (Wildman–Crippen LogP) is 3.58. The number of nitrogens with one attached hydrogen (secondary N) is 3. The molecule has 0 unspecified atom stereocenters. The Morgan fingerprint density at radius 3 is 2.63 bits per heavy atom. The van der Waals surface area contributed by atoms with E-state index in [1.54, 1.807) is 14.2 Å². The van der Waals surface area contributed by atoms with Crippen molar-refractivity contribution in [1.82, 2.24) is 15.5 Å². The van der Waals surface area contributed by atoms with Crippen LogP contribution in [-0.4, -0.2) is 57.3 Å². The Morgan fingerprint density at radius 2 is 1.93 bits per heavy atom. The third-order valence-electron chi connectivity index (χ3n) is 6.39. The molecule has 2 amide bonds. The van der Waals surface area contributed by atoms with Gasteiger partial charge in [0.05, 0.1) is 0 Å². The van der Waals surface area contributed by atoms with Crippen molar-refractivity contribution in [3.8, 4) is 0 Å². The highest BCUT2D eigenvalue weighted by atomic mass is 16.5. The average molecular weight is 416 g/mol. The second-order valence-corrected chi connectivity index (χ2v) is 8.55. The first kappa shape index (κ1) is 22.4. The van der Waals surface area contributed by atoms with Gasteiger partial charge in [0.2, 0.25) is 0 Å². The molecule has 1 heterocycles. The van der Waals surface area contributed by atoms with E-state index in [-0.39, 0.29) is 6.03 Å². The van der Waals surface area contributed by atoms with E-state index >= 15 is 0 Å². The number of guanidine groups is 1. The lowest BCUT2D eigenvalue weighted by atomic mass is 9.83. The van der Waals surface area contributed by atoms with E-state index in [0.29, 0.717) is 12.0 Å². The van der Waals surface area contributed by atoms with Crippen LogP contribution in [0, 0.1) is 5.41 Å². The van der Waals surface area contributed by atoms with E-state index in [1.165, 1.54) is 25.7 Å². The van der Waals surface area contributed by atoms with Crippen LogP contribution in [0.1, 0.15) is 50.5 Å². The summed E-state index contributed by atoms with van der Waals surface area (Å²) in [5, 5.41) is 9.94. The van der Waals surface area contributed by atoms with Gasteiger partial charge < -0.3 is 25.6 Å². The van der Waals surface area contributed by atoms with Crippen molar-refractivity contribution in [2.45, 2.75) is 51.5 Å². The third kappa shape index (κ3) is 6.36. The molecule has 30 heavy (non-hydrogen) atoms. The number of hydrogen-bond donors (Lipinski definition) is 3. The molecule has 1 aromatic carbocycles. The van der Waals surface area contributed by atoms with E-state index in [1.807, 2.05) is 23.1 Å². The molecule has 3 rings (SSSR count). The van der Waals surface area contributed by atoms with Crippen LogP contribution in [0.15, 0.2) is 29.3 Å². The number of hydrogen-bond acceptors (Lipinski definition) is 3. The summed E-state index contributed by atoms with van der Waals surface area (Å²) in [5.74, 6) is 0.810. The summed E-state index contributed by atoms with van der Waals surface area (Å²) >= 11 is 0. The number of carbonyl (C=O) groups is 1. The number of urea groups is 1. The largest absolute Gasteiger partial charge is 0.385 e. The minimum atomic E-state index is -0.00648. The second-order valence-electron chi connectivity index (χ2n) is 8.55. The van der Waals surface area contributed by atoms with Crippen molar-refractivity contribution in [2.75, 3.05) is 45.7 Å². The van der Waals surface area contributed by atoms with Crippen LogP contribution in [0.4, 0.5) is 10.5 Å². The van der Waals surface area contributed by atoms with E-state index in [2.05, 4.69) is 27.0 Å². The molecule has 1 aliphatic heterocycles. The number of anilines is 1. The van der Waals surface area contributed by atoms with Crippen LogP contribution in [0.2, 0.25) is 0 Å². The molecule has 1 saturated heterocycles. The summed E-state index contributed by atoms with van der Waals surface area (Å²) in [4.78, 5) is 18.6. The molecule has 2 fully saturated rings. The van der Waals surface area contributed by atoms with Crippen molar-refractivity contribution in [3.05, 3.63) is 29.8 Å². The van der Waals surface area contributed by atoms with Crippen LogP contribution >= 0.6 is 0 Å². The molecule has 1 aliphatic carbocycles. The zero-order valence-corrected chi connectivity index (χ0v) is 18.5. The Labute approximate surface area is 180 Å². The Kier molecular flexibility index (Phi) is 8.37. The maximum Gasteiger partial charge on any atom is 0.321 e. The smallest absolute Gasteiger partial charge is 0.321 e. The van der Waals surface area contributed by atoms with Gasteiger partial charge in [-0.3, -0.25) is 4.99 Å². The molecule has 3 N–H and O–H groups in total. The van der Waals surface area contributed by atoms with Gasteiger partial charge in [0.1, 0.15) is 0 Å². The normalized spacial score (nSPS) is 18.5. The molecule has 0 radical (unpaired) electrons. The topological polar surface area (TPSA) is 78.0 Å². The number of amides is 2. The number of benzene rings is 1. The molecular weight excluding hydrogens is 378 g/mol. The Morgan fingerprint density at radius 1 is 1.17 bits per heavy atom. The SMILES string of the molecule is CN=C(NCc1cccc(NC(=O)N2CCCC2)c1)NCC1(CCOC)CCCC1. The standard InChI is InChI=1S/C23H37N5O2/c1-24-21(26-18-23(12-15-30-2)10-3-4-11-23)25-17-19-8-7-9-20(16-19)27-22(29)28-13-5-6-14-28/h7-9,16H,3-6,10-15,17-18H2,1-2H3,(H,27,29)(H2,24,25,26). The lowest BCUT2D eigenvalue weighted by Crippen LogP contribution is -2.43. The summed E-state index contributed by atoms with van der Waals surface area (Å²) in [7, 11) is 3.58. The Balaban J connectivity index is 1.49.